The van der Waals surface area contributed by atoms with Gasteiger partial charge in [-0.3, -0.25) is 9.59 Å². The Hall–Kier alpha value is -1.56. The van der Waals surface area contributed by atoms with Crippen molar-refractivity contribution < 1.29 is 4.79 Å². The van der Waals surface area contributed by atoms with Crippen LogP contribution >= 0.6 is 11.6 Å². The number of halogens is 1. The van der Waals surface area contributed by atoms with E-state index in [9.17, 15) is 9.59 Å². The van der Waals surface area contributed by atoms with Gasteiger partial charge in [0.1, 0.15) is 5.02 Å². The second-order valence-corrected chi connectivity index (χ2v) is 4.81. The van der Waals surface area contributed by atoms with Crippen LogP contribution in [0.5, 0.6) is 0 Å². The summed E-state index contributed by atoms with van der Waals surface area (Å²) in [4.78, 5) is 23.3. The largest absolute Gasteiger partial charge is 0.382 e. The van der Waals surface area contributed by atoms with E-state index in [1.54, 1.807) is 0 Å². The van der Waals surface area contributed by atoms with Crippen LogP contribution < -0.4 is 16.2 Å². The van der Waals surface area contributed by atoms with Gasteiger partial charge in [0.25, 0.3) is 5.56 Å². The van der Waals surface area contributed by atoms with Crippen LogP contribution in [0, 0.1) is 0 Å². The number of aromatic nitrogens is 2. The highest BCUT2D eigenvalue weighted by Crippen LogP contribution is 2.14. The number of amides is 1. The molecular formula is C13H21ClN4O2. The first kappa shape index (κ1) is 16.5. The van der Waals surface area contributed by atoms with Crippen LogP contribution in [0.3, 0.4) is 0 Å². The molecule has 20 heavy (non-hydrogen) atoms. The zero-order valence-corrected chi connectivity index (χ0v) is 12.7. The fraction of sp³-hybridized carbons (Fsp3) is 0.615. The van der Waals surface area contributed by atoms with Gasteiger partial charge in [0.15, 0.2) is 0 Å². The highest BCUT2D eigenvalue weighted by Gasteiger charge is 2.09. The summed E-state index contributed by atoms with van der Waals surface area (Å²) in [5.41, 5.74) is 0.154. The zero-order valence-electron chi connectivity index (χ0n) is 11.9. The molecule has 0 radical (unpaired) electrons. The first-order valence-corrected chi connectivity index (χ1v) is 7.24. The second kappa shape index (κ2) is 8.58. The molecule has 7 heteroatoms. The Morgan fingerprint density at radius 2 is 2.10 bits per heavy atom. The third-order valence-electron chi connectivity index (χ3n) is 2.66. The van der Waals surface area contributed by atoms with Crippen LogP contribution in [0.2, 0.25) is 5.02 Å². The quantitative estimate of drug-likeness (QED) is 0.765. The van der Waals surface area contributed by atoms with Gasteiger partial charge in [-0.05, 0) is 12.8 Å². The number of carbonyl (C=O) groups is 1. The molecule has 0 bridgehead atoms. The molecule has 1 aromatic heterocycles. The van der Waals surface area contributed by atoms with Crippen LogP contribution in [0.4, 0.5) is 5.69 Å². The highest BCUT2D eigenvalue weighted by atomic mass is 35.5. The molecule has 0 aromatic carbocycles. The summed E-state index contributed by atoms with van der Waals surface area (Å²) < 4.78 is 1.33. The summed E-state index contributed by atoms with van der Waals surface area (Å²) in [7, 11) is 0. The van der Waals surface area contributed by atoms with Gasteiger partial charge in [0, 0.05) is 26.1 Å². The average Bonchev–Trinajstić information content (AvgIpc) is 2.44. The third-order valence-corrected chi connectivity index (χ3v) is 3.03. The number of nitrogens with one attached hydrogen (secondary N) is 2. The minimum Gasteiger partial charge on any atom is -0.382 e. The normalized spacial score (nSPS) is 10.3. The van der Waals surface area contributed by atoms with Gasteiger partial charge in [0.05, 0.1) is 11.9 Å². The lowest BCUT2D eigenvalue weighted by atomic mass is 10.3. The Balaban J connectivity index is 2.55. The van der Waals surface area contributed by atoms with Gasteiger partial charge in [0.2, 0.25) is 5.91 Å². The maximum absolute atomic E-state index is 11.9. The van der Waals surface area contributed by atoms with Crippen molar-refractivity contribution in [1.82, 2.24) is 15.1 Å². The van der Waals surface area contributed by atoms with E-state index in [0.717, 1.165) is 12.8 Å². The summed E-state index contributed by atoms with van der Waals surface area (Å²) in [6, 6.07) is 0. The first-order chi connectivity index (χ1) is 9.60. The summed E-state index contributed by atoms with van der Waals surface area (Å²) >= 11 is 6.00. The van der Waals surface area contributed by atoms with Crippen LogP contribution in [0.25, 0.3) is 0 Å². The molecule has 0 atom stereocenters. The molecule has 1 aromatic rings. The number of hydrogen-bond donors (Lipinski definition) is 2. The van der Waals surface area contributed by atoms with Gasteiger partial charge in [-0.25, -0.2) is 4.68 Å². The zero-order chi connectivity index (χ0) is 15.0. The van der Waals surface area contributed by atoms with E-state index in [4.69, 9.17) is 11.6 Å². The van der Waals surface area contributed by atoms with Gasteiger partial charge >= 0.3 is 0 Å². The topological polar surface area (TPSA) is 76.0 Å². The van der Waals surface area contributed by atoms with Crippen molar-refractivity contribution in [1.29, 1.82) is 0 Å². The van der Waals surface area contributed by atoms with Crippen molar-refractivity contribution in [3.63, 3.8) is 0 Å². The maximum atomic E-state index is 11.9. The van der Waals surface area contributed by atoms with Gasteiger partial charge in [-0.1, -0.05) is 25.4 Å². The van der Waals surface area contributed by atoms with Crippen molar-refractivity contribution in [3.8, 4) is 0 Å². The van der Waals surface area contributed by atoms with E-state index in [1.807, 2.05) is 13.8 Å². The minimum absolute atomic E-state index is 0.0252. The van der Waals surface area contributed by atoms with Gasteiger partial charge in [-0.15, -0.1) is 0 Å². The third kappa shape index (κ3) is 4.85. The van der Waals surface area contributed by atoms with E-state index in [1.165, 1.54) is 10.9 Å². The molecule has 1 rings (SSSR count). The van der Waals surface area contributed by atoms with Crippen molar-refractivity contribution in [2.45, 2.75) is 39.7 Å². The smallest absolute Gasteiger partial charge is 0.287 e. The lowest BCUT2D eigenvalue weighted by Crippen LogP contribution is -2.27. The molecule has 0 aliphatic carbocycles. The van der Waals surface area contributed by atoms with E-state index in [2.05, 4.69) is 15.7 Å². The van der Waals surface area contributed by atoms with E-state index in [-0.39, 0.29) is 16.5 Å². The highest BCUT2D eigenvalue weighted by molar-refractivity contribution is 6.32. The molecule has 112 valence electrons. The number of nitrogens with zero attached hydrogens (tertiary/aromatic N) is 2. The lowest BCUT2D eigenvalue weighted by molar-refractivity contribution is -0.120. The summed E-state index contributed by atoms with van der Waals surface area (Å²) in [6.45, 7) is 5.58. The number of hydrogen-bond acceptors (Lipinski definition) is 4. The molecule has 1 heterocycles. The molecule has 6 nitrogen and oxygen atoms in total. The van der Waals surface area contributed by atoms with Gasteiger partial charge < -0.3 is 10.6 Å². The summed E-state index contributed by atoms with van der Waals surface area (Å²) in [6.07, 6.45) is 3.57. The Kier molecular flexibility index (Phi) is 7.08. The van der Waals surface area contributed by atoms with E-state index in [0.29, 0.717) is 31.7 Å². The predicted molar refractivity (Wildman–Crippen MR) is 80.2 cm³/mol. The molecule has 0 unspecified atom stereocenters. The number of carbonyl (C=O) groups excluding carboxylic acids is 1. The summed E-state index contributed by atoms with van der Waals surface area (Å²) in [5.74, 6) is -0.0252. The molecule has 0 spiro atoms. The van der Waals surface area contributed by atoms with Crippen molar-refractivity contribution in [3.05, 3.63) is 21.6 Å². The fourth-order valence-corrected chi connectivity index (χ4v) is 1.84. The van der Waals surface area contributed by atoms with Crippen molar-refractivity contribution in [2.24, 2.45) is 0 Å². The van der Waals surface area contributed by atoms with Crippen molar-refractivity contribution >= 4 is 23.2 Å². The number of rotatable bonds is 8. The Morgan fingerprint density at radius 3 is 2.75 bits per heavy atom. The van der Waals surface area contributed by atoms with Crippen molar-refractivity contribution in [2.75, 3.05) is 18.4 Å². The molecule has 0 saturated heterocycles. The van der Waals surface area contributed by atoms with Crippen LogP contribution in [0.1, 0.15) is 33.1 Å². The SMILES string of the molecule is CCCNC(=O)CCNc1cnn(CCC)c(=O)c1Cl. The number of aryl methyl sites for hydroxylation is 1. The van der Waals surface area contributed by atoms with Gasteiger partial charge in [-0.2, -0.15) is 5.10 Å². The molecule has 0 fully saturated rings. The molecule has 0 aliphatic heterocycles. The molecule has 1 amide bonds. The van der Waals surface area contributed by atoms with E-state index >= 15 is 0 Å². The molecule has 0 aliphatic rings. The predicted octanol–water partition coefficient (Wildman–Crippen LogP) is 1.63. The first-order valence-electron chi connectivity index (χ1n) is 6.86. The Morgan fingerprint density at radius 1 is 1.35 bits per heavy atom. The minimum atomic E-state index is -0.311. The Labute approximate surface area is 123 Å². The standard InChI is InChI=1S/C13H21ClN4O2/c1-3-6-16-11(19)5-7-15-10-9-17-18(8-4-2)13(20)12(10)14/h9,15H,3-8H2,1-2H3,(H,16,19). The number of anilines is 1. The molecule has 2 N–H and O–H groups in total. The monoisotopic (exact) mass is 300 g/mol. The molecule has 0 saturated carbocycles. The van der Waals surface area contributed by atoms with Crippen LogP contribution in [0.15, 0.2) is 11.0 Å². The fourth-order valence-electron chi connectivity index (χ4n) is 1.62. The van der Waals surface area contributed by atoms with E-state index < -0.39 is 0 Å². The average molecular weight is 301 g/mol. The van der Waals surface area contributed by atoms with Crippen LogP contribution in [-0.4, -0.2) is 28.8 Å². The second-order valence-electron chi connectivity index (χ2n) is 4.43. The van der Waals surface area contributed by atoms with Crippen LogP contribution in [-0.2, 0) is 11.3 Å². The lowest BCUT2D eigenvalue weighted by Gasteiger charge is -2.09. The summed E-state index contributed by atoms with van der Waals surface area (Å²) in [5, 5.41) is 9.89. The Bertz CT molecular complexity index is 502. The maximum Gasteiger partial charge on any atom is 0.287 e. The molecular weight excluding hydrogens is 280 g/mol.